The quantitative estimate of drug-likeness (QED) is 0.573. The van der Waals surface area contributed by atoms with Gasteiger partial charge >= 0.3 is 0 Å². The van der Waals surface area contributed by atoms with Crippen molar-refractivity contribution in [3.8, 4) is 11.8 Å². The van der Waals surface area contributed by atoms with Gasteiger partial charge in [0.15, 0.2) is 0 Å². The number of halogens is 1. The zero-order valence-corrected chi connectivity index (χ0v) is 13.9. The number of rotatable bonds is 3. The average Bonchev–Trinajstić information content (AvgIpc) is 3.09. The number of nitrogens with zero attached hydrogens (tertiary/aromatic N) is 3. The summed E-state index contributed by atoms with van der Waals surface area (Å²) in [5, 5.41) is 14.1. The molecule has 0 spiro atoms. The van der Waals surface area contributed by atoms with Crippen molar-refractivity contribution in [2.75, 3.05) is 12.4 Å². The Morgan fingerprint density at radius 2 is 2.08 bits per heavy atom. The molecule has 0 amide bonds. The number of pyridine rings is 1. The molecule has 0 bridgehead atoms. The van der Waals surface area contributed by atoms with Crippen LogP contribution >= 0.6 is 11.6 Å². The largest absolute Gasteiger partial charge is 0.497 e. The maximum atomic E-state index is 9.49. The van der Waals surface area contributed by atoms with Crippen molar-refractivity contribution in [1.82, 2.24) is 15.0 Å². The van der Waals surface area contributed by atoms with E-state index in [2.05, 4.69) is 26.3 Å². The van der Waals surface area contributed by atoms with Gasteiger partial charge in [-0.05, 0) is 24.3 Å². The summed E-state index contributed by atoms with van der Waals surface area (Å²) in [5.74, 6) is 0.665. The Bertz CT molecular complexity index is 1150. The lowest BCUT2D eigenvalue weighted by molar-refractivity contribution is 0.415. The van der Waals surface area contributed by atoms with Gasteiger partial charge in [-0.15, -0.1) is 0 Å². The summed E-state index contributed by atoms with van der Waals surface area (Å²) >= 11 is 6.29. The number of methoxy groups -OCH3 is 1. The number of hydrogen-bond acceptors (Lipinski definition) is 5. The summed E-state index contributed by atoms with van der Waals surface area (Å²) in [6.45, 7) is 0. The van der Waals surface area contributed by atoms with Gasteiger partial charge in [-0.2, -0.15) is 5.26 Å². The van der Waals surface area contributed by atoms with Gasteiger partial charge in [-0.1, -0.05) is 11.6 Å². The lowest BCUT2D eigenvalue weighted by atomic mass is 10.1. The molecule has 0 aliphatic heterocycles. The van der Waals surface area contributed by atoms with Crippen molar-refractivity contribution >= 4 is 44.9 Å². The van der Waals surface area contributed by atoms with E-state index in [0.717, 1.165) is 21.9 Å². The molecule has 0 saturated heterocycles. The van der Waals surface area contributed by atoms with Crippen LogP contribution in [0.25, 0.3) is 21.9 Å². The topological polar surface area (TPSA) is 86.6 Å². The molecule has 0 atom stereocenters. The number of nitriles is 1. The number of anilines is 2. The van der Waals surface area contributed by atoms with E-state index in [0.29, 0.717) is 27.7 Å². The first-order chi connectivity index (χ1) is 12.2. The maximum Gasteiger partial charge on any atom is 0.121 e. The van der Waals surface area contributed by atoms with E-state index in [1.807, 2.05) is 12.1 Å². The Morgan fingerprint density at radius 3 is 2.88 bits per heavy atom. The molecular weight excluding hydrogens is 338 g/mol. The van der Waals surface area contributed by atoms with Gasteiger partial charge in [0.1, 0.15) is 11.8 Å². The molecule has 2 N–H and O–H groups in total. The van der Waals surface area contributed by atoms with Gasteiger partial charge in [0.05, 0.1) is 51.9 Å². The molecule has 122 valence electrons. The highest BCUT2D eigenvalue weighted by Crippen LogP contribution is 2.35. The summed E-state index contributed by atoms with van der Waals surface area (Å²) in [5.41, 5.74) is 4.12. The zero-order valence-electron chi connectivity index (χ0n) is 13.2. The number of ether oxygens (including phenoxy) is 1. The highest BCUT2D eigenvalue weighted by Gasteiger charge is 2.13. The number of fused-ring (bicyclic) bond motifs is 2. The van der Waals surface area contributed by atoms with E-state index in [4.69, 9.17) is 16.3 Å². The number of aromatic amines is 1. The summed E-state index contributed by atoms with van der Waals surface area (Å²) in [6, 6.07) is 11.3. The molecule has 2 aromatic carbocycles. The highest BCUT2D eigenvalue weighted by molar-refractivity contribution is 6.33. The summed E-state index contributed by atoms with van der Waals surface area (Å²) in [6.07, 6.45) is 3.17. The second-order valence-electron chi connectivity index (χ2n) is 5.42. The molecule has 4 aromatic rings. The number of nitrogens with one attached hydrogen (secondary N) is 2. The molecule has 0 aliphatic rings. The smallest absolute Gasteiger partial charge is 0.121 e. The second-order valence-corrected chi connectivity index (χ2v) is 5.83. The van der Waals surface area contributed by atoms with Crippen LogP contribution in [-0.4, -0.2) is 22.1 Å². The van der Waals surface area contributed by atoms with E-state index in [9.17, 15) is 5.26 Å². The minimum Gasteiger partial charge on any atom is -0.497 e. The fraction of sp³-hybridized carbons (Fsp3) is 0.0556. The van der Waals surface area contributed by atoms with Crippen LogP contribution in [0.2, 0.25) is 5.02 Å². The molecule has 25 heavy (non-hydrogen) atoms. The Balaban J connectivity index is 1.94. The summed E-state index contributed by atoms with van der Waals surface area (Å²) < 4.78 is 5.25. The van der Waals surface area contributed by atoms with E-state index < -0.39 is 0 Å². The van der Waals surface area contributed by atoms with Crippen molar-refractivity contribution in [3.05, 3.63) is 53.4 Å². The lowest BCUT2D eigenvalue weighted by Gasteiger charge is -2.13. The molecule has 6 nitrogen and oxygen atoms in total. The standard InChI is InChI=1S/C18H12ClN5O/c1-25-11-2-3-13(19)15(4-11)24-18-10(7-20)8-21-14-6-17-16(5-12(14)18)22-9-23-17/h2-6,8-9H,1H3,(H,21,24)(H,22,23). The molecule has 7 heteroatoms. The first kappa shape index (κ1) is 15.2. The predicted octanol–water partition coefficient (Wildman–Crippen LogP) is 4.39. The number of H-pyrrole nitrogens is 1. The third-order valence-electron chi connectivity index (χ3n) is 3.96. The molecule has 2 aromatic heterocycles. The van der Waals surface area contributed by atoms with Crippen molar-refractivity contribution in [2.24, 2.45) is 0 Å². The number of benzene rings is 2. The van der Waals surface area contributed by atoms with Crippen LogP contribution < -0.4 is 10.1 Å². The van der Waals surface area contributed by atoms with Crippen molar-refractivity contribution < 1.29 is 4.74 Å². The maximum absolute atomic E-state index is 9.49. The molecular formula is C18H12ClN5O. The molecule has 2 heterocycles. The van der Waals surface area contributed by atoms with Crippen LogP contribution in [0, 0.1) is 11.3 Å². The van der Waals surface area contributed by atoms with Crippen LogP contribution in [0.15, 0.2) is 42.9 Å². The summed E-state index contributed by atoms with van der Waals surface area (Å²) in [4.78, 5) is 11.7. The molecule has 0 unspecified atom stereocenters. The first-order valence-electron chi connectivity index (χ1n) is 7.46. The van der Waals surface area contributed by atoms with Crippen LogP contribution in [-0.2, 0) is 0 Å². The van der Waals surface area contributed by atoms with Gasteiger partial charge in [0, 0.05) is 17.6 Å². The van der Waals surface area contributed by atoms with Crippen LogP contribution in [0.1, 0.15) is 5.56 Å². The predicted molar refractivity (Wildman–Crippen MR) is 97.4 cm³/mol. The van der Waals surface area contributed by atoms with Crippen LogP contribution in [0.3, 0.4) is 0 Å². The third kappa shape index (κ3) is 2.61. The number of imidazole rings is 1. The molecule has 0 saturated carbocycles. The minimum absolute atomic E-state index is 0.418. The fourth-order valence-electron chi connectivity index (χ4n) is 2.70. The van der Waals surface area contributed by atoms with Crippen LogP contribution in [0.5, 0.6) is 5.75 Å². The lowest BCUT2D eigenvalue weighted by Crippen LogP contribution is -1.98. The normalized spacial score (nSPS) is 10.8. The van der Waals surface area contributed by atoms with Gasteiger partial charge in [-0.25, -0.2) is 4.98 Å². The fourth-order valence-corrected chi connectivity index (χ4v) is 2.87. The van der Waals surface area contributed by atoms with E-state index in [1.165, 1.54) is 0 Å². The summed E-state index contributed by atoms with van der Waals surface area (Å²) in [7, 11) is 1.59. The van der Waals surface area contributed by atoms with Crippen molar-refractivity contribution in [3.63, 3.8) is 0 Å². The van der Waals surface area contributed by atoms with Gasteiger partial charge in [0.2, 0.25) is 0 Å². The average molecular weight is 350 g/mol. The van der Waals surface area contributed by atoms with Gasteiger partial charge in [0.25, 0.3) is 0 Å². The van der Waals surface area contributed by atoms with Crippen molar-refractivity contribution in [1.29, 1.82) is 5.26 Å². The Labute approximate surface area is 148 Å². The monoisotopic (exact) mass is 349 g/mol. The van der Waals surface area contributed by atoms with Gasteiger partial charge in [-0.3, -0.25) is 4.98 Å². The zero-order chi connectivity index (χ0) is 17.4. The van der Waals surface area contributed by atoms with E-state index in [-0.39, 0.29) is 0 Å². The van der Waals surface area contributed by atoms with E-state index >= 15 is 0 Å². The van der Waals surface area contributed by atoms with Crippen LogP contribution in [0.4, 0.5) is 11.4 Å². The SMILES string of the molecule is COc1ccc(Cl)c(Nc2c(C#N)cnc3cc4[nH]cnc4cc23)c1. The second kappa shape index (κ2) is 5.96. The van der Waals surface area contributed by atoms with Gasteiger partial charge < -0.3 is 15.0 Å². The van der Waals surface area contributed by atoms with Crippen molar-refractivity contribution in [2.45, 2.75) is 0 Å². The van der Waals surface area contributed by atoms with E-state index in [1.54, 1.807) is 37.8 Å². The molecule has 0 radical (unpaired) electrons. The molecule has 0 fully saturated rings. The Hall–Kier alpha value is -3.30. The molecule has 4 rings (SSSR count). The third-order valence-corrected chi connectivity index (χ3v) is 4.29. The molecule has 0 aliphatic carbocycles. The first-order valence-corrected chi connectivity index (χ1v) is 7.84. The highest BCUT2D eigenvalue weighted by atomic mass is 35.5. The Kier molecular flexibility index (Phi) is 3.64. The Morgan fingerprint density at radius 1 is 1.20 bits per heavy atom. The number of hydrogen-bond donors (Lipinski definition) is 2. The minimum atomic E-state index is 0.418. The number of aromatic nitrogens is 3.